The SMILES string of the molecule is Cc1ccc2c(c1)cc1c3ccccc3nc(C3CC3)n21. The van der Waals surface area contributed by atoms with Crippen molar-refractivity contribution >= 4 is 27.3 Å². The molecule has 0 bridgehead atoms. The van der Waals surface area contributed by atoms with Crippen molar-refractivity contribution in [1.29, 1.82) is 0 Å². The van der Waals surface area contributed by atoms with Crippen LogP contribution in [0.2, 0.25) is 0 Å². The van der Waals surface area contributed by atoms with Crippen LogP contribution in [0.3, 0.4) is 0 Å². The number of nitrogens with zero attached hydrogens (tertiary/aromatic N) is 2. The summed E-state index contributed by atoms with van der Waals surface area (Å²) < 4.78 is 2.38. The van der Waals surface area contributed by atoms with Gasteiger partial charge in [0.05, 0.1) is 16.6 Å². The summed E-state index contributed by atoms with van der Waals surface area (Å²) in [4.78, 5) is 4.97. The summed E-state index contributed by atoms with van der Waals surface area (Å²) in [7, 11) is 0. The third-order valence-electron chi connectivity index (χ3n) is 4.54. The molecule has 0 atom stereocenters. The van der Waals surface area contributed by atoms with Crippen LogP contribution >= 0.6 is 0 Å². The Morgan fingerprint density at radius 3 is 2.71 bits per heavy atom. The Hall–Kier alpha value is -2.35. The van der Waals surface area contributed by atoms with E-state index in [1.165, 1.54) is 46.0 Å². The molecular formula is C19H16N2. The molecule has 1 fully saturated rings. The monoisotopic (exact) mass is 272 g/mol. The zero-order chi connectivity index (χ0) is 14.0. The summed E-state index contributed by atoms with van der Waals surface area (Å²) in [5, 5.41) is 2.56. The van der Waals surface area contributed by atoms with Gasteiger partial charge in [-0.15, -0.1) is 0 Å². The Labute approximate surface area is 123 Å². The fourth-order valence-corrected chi connectivity index (χ4v) is 3.36. The van der Waals surface area contributed by atoms with Gasteiger partial charge in [0.25, 0.3) is 0 Å². The Morgan fingerprint density at radius 1 is 1.00 bits per heavy atom. The van der Waals surface area contributed by atoms with Crippen LogP contribution < -0.4 is 0 Å². The van der Waals surface area contributed by atoms with Crippen LogP contribution in [0.1, 0.15) is 30.1 Å². The Balaban J connectivity index is 2.05. The van der Waals surface area contributed by atoms with E-state index in [-0.39, 0.29) is 0 Å². The fourth-order valence-electron chi connectivity index (χ4n) is 3.36. The number of aromatic nitrogens is 2. The first-order valence-corrected chi connectivity index (χ1v) is 7.62. The largest absolute Gasteiger partial charge is 0.297 e. The number of para-hydroxylation sites is 1. The molecule has 102 valence electrons. The third kappa shape index (κ3) is 1.56. The van der Waals surface area contributed by atoms with Gasteiger partial charge in [-0.1, -0.05) is 29.8 Å². The average Bonchev–Trinajstić information content (AvgIpc) is 3.27. The van der Waals surface area contributed by atoms with Gasteiger partial charge in [0.2, 0.25) is 0 Å². The molecule has 0 N–H and O–H groups in total. The molecule has 1 aliphatic carbocycles. The van der Waals surface area contributed by atoms with Crippen LogP contribution in [0.25, 0.3) is 27.3 Å². The number of rotatable bonds is 1. The van der Waals surface area contributed by atoms with Crippen molar-refractivity contribution in [2.24, 2.45) is 0 Å². The van der Waals surface area contributed by atoms with Crippen molar-refractivity contribution in [3.05, 3.63) is 59.9 Å². The molecule has 1 aliphatic rings. The maximum absolute atomic E-state index is 4.97. The van der Waals surface area contributed by atoms with E-state index >= 15 is 0 Å². The number of hydrogen-bond acceptors (Lipinski definition) is 1. The first-order valence-electron chi connectivity index (χ1n) is 7.62. The molecular weight excluding hydrogens is 256 g/mol. The van der Waals surface area contributed by atoms with Gasteiger partial charge in [-0.2, -0.15) is 0 Å². The van der Waals surface area contributed by atoms with Crippen molar-refractivity contribution < 1.29 is 0 Å². The topological polar surface area (TPSA) is 17.3 Å². The van der Waals surface area contributed by atoms with Gasteiger partial charge in [0, 0.05) is 16.7 Å². The lowest BCUT2D eigenvalue weighted by molar-refractivity contribution is 0.921. The summed E-state index contributed by atoms with van der Waals surface area (Å²) in [6.45, 7) is 2.15. The van der Waals surface area contributed by atoms with Gasteiger partial charge in [-0.05, 0) is 44.0 Å². The summed E-state index contributed by atoms with van der Waals surface area (Å²) in [5.41, 5.74) is 5.01. The zero-order valence-electron chi connectivity index (χ0n) is 12.0. The second-order valence-corrected chi connectivity index (χ2v) is 6.19. The minimum atomic E-state index is 0.633. The Bertz CT molecular complexity index is 1010. The van der Waals surface area contributed by atoms with E-state index in [1.807, 2.05) is 0 Å². The van der Waals surface area contributed by atoms with E-state index in [4.69, 9.17) is 4.98 Å². The maximum Gasteiger partial charge on any atom is 0.117 e. The van der Waals surface area contributed by atoms with E-state index in [0.29, 0.717) is 5.92 Å². The molecule has 5 rings (SSSR count). The van der Waals surface area contributed by atoms with Crippen LogP contribution in [-0.2, 0) is 0 Å². The molecule has 0 amide bonds. The van der Waals surface area contributed by atoms with Crippen LogP contribution in [0.4, 0.5) is 0 Å². The minimum absolute atomic E-state index is 0.633. The summed E-state index contributed by atoms with van der Waals surface area (Å²) in [6, 6.07) is 17.5. The molecule has 2 aromatic heterocycles. The van der Waals surface area contributed by atoms with Crippen molar-refractivity contribution in [1.82, 2.24) is 9.38 Å². The summed E-state index contributed by atoms with van der Waals surface area (Å²) in [5.74, 6) is 1.87. The molecule has 2 nitrogen and oxygen atoms in total. The zero-order valence-corrected chi connectivity index (χ0v) is 12.0. The van der Waals surface area contributed by atoms with Gasteiger partial charge in [-0.3, -0.25) is 4.40 Å². The predicted molar refractivity (Wildman–Crippen MR) is 86.9 cm³/mol. The van der Waals surface area contributed by atoms with Gasteiger partial charge < -0.3 is 0 Å². The highest BCUT2D eigenvalue weighted by Gasteiger charge is 2.28. The molecule has 1 saturated carbocycles. The van der Waals surface area contributed by atoms with Crippen molar-refractivity contribution in [2.75, 3.05) is 0 Å². The second-order valence-electron chi connectivity index (χ2n) is 6.19. The highest BCUT2D eigenvalue weighted by Crippen LogP contribution is 2.41. The Morgan fingerprint density at radius 2 is 1.86 bits per heavy atom. The molecule has 0 aliphatic heterocycles. The highest BCUT2D eigenvalue weighted by molar-refractivity contribution is 6.01. The van der Waals surface area contributed by atoms with E-state index in [9.17, 15) is 0 Å². The second kappa shape index (κ2) is 3.85. The van der Waals surface area contributed by atoms with E-state index in [1.54, 1.807) is 0 Å². The third-order valence-corrected chi connectivity index (χ3v) is 4.54. The molecule has 2 heterocycles. The van der Waals surface area contributed by atoms with Gasteiger partial charge in [0.15, 0.2) is 0 Å². The van der Waals surface area contributed by atoms with Crippen LogP contribution in [0.5, 0.6) is 0 Å². The average molecular weight is 272 g/mol. The molecule has 21 heavy (non-hydrogen) atoms. The van der Waals surface area contributed by atoms with E-state index < -0.39 is 0 Å². The molecule has 0 radical (unpaired) electrons. The number of benzene rings is 2. The molecule has 0 saturated heterocycles. The Kier molecular flexibility index (Phi) is 2.08. The van der Waals surface area contributed by atoms with E-state index in [2.05, 4.69) is 59.9 Å². The lowest BCUT2D eigenvalue weighted by Gasteiger charge is -2.09. The first kappa shape index (κ1) is 11.3. The highest BCUT2D eigenvalue weighted by atomic mass is 15.0. The number of aryl methyl sites for hydroxylation is 1. The lowest BCUT2D eigenvalue weighted by atomic mass is 10.2. The summed E-state index contributed by atoms with van der Waals surface area (Å²) in [6.07, 6.45) is 2.54. The predicted octanol–water partition coefficient (Wildman–Crippen LogP) is 4.83. The smallest absolute Gasteiger partial charge is 0.117 e. The van der Waals surface area contributed by atoms with E-state index in [0.717, 1.165) is 5.52 Å². The quantitative estimate of drug-likeness (QED) is 0.485. The first-order chi connectivity index (χ1) is 10.3. The maximum atomic E-state index is 4.97. The molecule has 0 spiro atoms. The summed E-state index contributed by atoms with van der Waals surface area (Å²) >= 11 is 0. The van der Waals surface area contributed by atoms with Crippen LogP contribution in [0.15, 0.2) is 48.5 Å². The van der Waals surface area contributed by atoms with Crippen molar-refractivity contribution in [2.45, 2.75) is 25.7 Å². The van der Waals surface area contributed by atoms with Gasteiger partial charge >= 0.3 is 0 Å². The van der Waals surface area contributed by atoms with Crippen molar-refractivity contribution in [3.63, 3.8) is 0 Å². The lowest BCUT2D eigenvalue weighted by Crippen LogP contribution is -2.00. The number of hydrogen-bond donors (Lipinski definition) is 0. The number of fused-ring (bicyclic) bond motifs is 5. The van der Waals surface area contributed by atoms with Gasteiger partial charge in [0.1, 0.15) is 5.82 Å². The minimum Gasteiger partial charge on any atom is -0.297 e. The molecule has 4 aromatic rings. The fraction of sp³-hybridized carbons (Fsp3) is 0.211. The molecule has 0 unspecified atom stereocenters. The standard InChI is InChI=1S/C19H16N2/c1-12-6-9-17-14(10-12)11-18-15-4-2-3-5-16(15)20-19(21(17)18)13-7-8-13/h2-6,9-11,13H,7-8H2,1H3. The normalized spacial score (nSPS) is 15.3. The molecule has 2 heteroatoms. The van der Waals surface area contributed by atoms with Gasteiger partial charge in [-0.25, -0.2) is 4.98 Å². The molecule has 2 aromatic carbocycles. The van der Waals surface area contributed by atoms with Crippen LogP contribution in [0, 0.1) is 6.92 Å². The van der Waals surface area contributed by atoms with Crippen molar-refractivity contribution in [3.8, 4) is 0 Å². The van der Waals surface area contributed by atoms with Crippen LogP contribution in [-0.4, -0.2) is 9.38 Å².